The number of aryl methyl sites for hydroxylation is 1. The average Bonchev–Trinajstić information content (AvgIpc) is 3.13. The third kappa shape index (κ3) is 3.75. The molecule has 0 atom stereocenters. The van der Waals surface area contributed by atoms with Crippen LogP contribution in [0.1, 0.15) is 48.4 Å². The Hall–Kier alpha value is -2.77. The van der Waals surface area contributed by atoms with Gasteiger partial charge in [0.1, 0.15) is 11.5 Å². The molecule has 8 heteroatoms. The molecule has 0 radical (unpaired) electrons. The summed E-state index contributed by atoms with van der Waals surface area (Å²) in [6.45, 7) is 4.58. The van der Waals surface area contributed by atoms with Crippen LogP contribution in [0.5, 0.6) is 0 Å². The van der Waals surface area contributed by atoms with E-state index in [0.29, 0.717) is 6.54 Å². The van der Waals surface area contributed by atoms with E-state index in [9.17, 15) is 13.2 Å². The lowest BCUT2D eigenvalue weighted by atomic mass is 9.87. The lowest BCUT2D eigenvalue weighted by molar-refractivity contribution is -0.136. The van der Waals surface area contributed by atoms with Gasteiger partial charge in [0.05, 0.1) is 10.9 Å². The summed E-state index contributed by atoms with van der Waals surface area (Å²) in [6.07, 6.45) is 1.57. The van der Waals surface area contributed by atoms with Gasteiger partial charge in [-0.25, -0.2) is 0 Å². The van der Waals surface area contributed by atoms with E-state index in [-0.39, 0.29) is 22.8 Å². The lowest BCUT2D eigenvalue weighted by Gasteiger charge is -2.22. The highest BCUT2D eigenvalue weighted by molar-refractivity contribution is 5.92. The van der Waals surface area contributed by atoms with E-state index in [1.165, 1.54) is 23.1 Å². The van der Waals surface area contributed by atoms with Gasteiger partial charge in [0.15, 0.2) is 0 Å². The molecule has 0 aliphatic heterocycles. The number of rotatable bonds is 5. The summed E-state index contributed by atoms with van der Waals surface area (Å²) < 4.78 is 40.2. The number of H-pyrrole nitrogens is 1. The first-order valence-corrected chi connectivity index (χ1v) is 9.97. The Labute approximate surface area is 167 Å². The van der Waals surface area contributed by atoms with E-state index in [1.807, 2.05) is 13.0 Å². The molecule has 3 N–H and O–H groups in total. The van der Waals surface area contributed by atoms with Crippen LogP contribution in [0.25, 0.3) is 11.0 Å². The molecule has 1 aromatic carbocycles. The fourth-order valence-corrected chi connectivity index (χ4v) is 3.97. The van der Waals surface area contributed by atoms with Crippen molar-refractivity contribution in [2.75, 3.05) is 17.2 Å². The molecule has 5 nitrogen and oxygen atoms in total. The second-order valence-electron chi connectivity index (χ2n) is 7.47. The molecule has 0 fully saturated rings. The molecule has 29 heavy (non-hydrogen) atoms. The summed E-state index contributed by atoms with van der Waals surface area (Å²) in [6, 6.07) is 4.07. The van der Waals surface area contributed by atoms with E-state index in [1.54, 1.807) is 0 Å². The number of aromatic nitrogens is 3. The molecule has 1 aliphatic carbocycles. The maximum absolute atomic E-state index is 13.4. The minimum absolute atomic E-state index is 0.0255. The first kappa shape index (κ1) is 19.5. The SMILES string of the molecule is CCCNc1nc(Nc2ccc(C)c3c2CCCC3)nc2[nH]cc(C(F)(F)F)c12. The fraction of sp³-hybridized carbons (Fsp3) is 0.429. The number of nitrogens with zero attached hydrogens (tertiary/aromatic N) is 2. The van der Waals surface area contributed by atoms with Crippen molar-refractivity contribution in [2.24, 2.45) is 0 Å². The zero-order chi connectivity index (χ0) is 20.6. The Morgan fingerprint density at radius 2 is 1.86 bits per heavy atom. The highest BCUT2D eigenvalue weighted by Crippen LogP contribution is 2.38. The molecule has 0 saturated heterocycles. The van der Waals surface area contributed by atoms with E-state index >= 15 is 0 Å². The van der Waals surface area contributed by atoms with Gasteiger partial charge in [-0.15, -0.1) is 0 Å². The summed E-state index contributed by atoms with van der Waals surface area (Å²) in [5, 5.41) is 6.25. The Balaban J connectivity index is 1.77. The molecule has 0 unspecified atom stereocenters. The molecule has 0 saturated carbocycles. The fourth-order valence-electron chi connectivity index (χ4n) is 3.97. The van der Waals surface area contributed by atoms with Gasteiger partial charge in [-0.05, 0) is 61.8 Å². The summed E-state index contributed by atoms with van der Waals surface area (Å²) in [7, 11) is 0. The normalized spacial score (nSPS) is 14.1. The second kappa shape index (κ2) is 7.57. The highest BCUT2D eigenvalue weighted by atomic mass is 19.4. The van der Waals surface area contributed by atoms with Crippen LogP contribution in [-0.2, 0) is 19.0 Å². The van der Waals surface area contributed by atoms with Crippen molar-refractivity contribution in [3.8, 4) is 0 Å². The van der Waals surface area contributed by atoms with Gasteiger partial charge in [0.25, 0.3) is 0 Å². The highest BCUT2D eigenvalue weighted by Gasteiger charge is 2.35. The van der Waals surface area contributed by atoms with Crippen molar-refractivity contribution in [3.05, 3.63) is 40.6 Å². The summed E-state index contributed by atoms with van der Waals surface area (Å²) in [5.41, 5.74) is 4.20. The first-order chi connectivity index (χ1) is 13.9. The number of aromatic amines is 1. The number of fused-ring (bicyclic) bond motifs is 2. The van der Waals surface area contributed by atoms with Crippen molar-refractivity contribution in [1.82, 2.24) is 15.0 Å². The van der Waals surface area contributed by atoms with Crippen LogP contribution in [0.3, 0.4) is 0 Å². The standard InChI is InChI=1S/C21H24F3N5/c1-3-10-25-18-17-15(21(22,23)24)11-26-19(17)29-20(28-18)27-16-9-8-12(2)13-6-4-5-7-14(13)16/h8-9,11H,3-7,10H2,1-2H3,(H3,25,26,27,28,29). The van der Waals surface area contributed by atoms with E-state index < -0.39 is 11.7 Å². The molecule has 1 aliphatic rings. The summed E-state index contributed by atoms with van der Waals surface area (Å²) >= 11 is 0. The topological polar surface area (TPSA) is 65.6 Å². The zero-order valence-electron chi connectivity index (χ0n) is 16.5. The molecule has 0 spiro atoms. The van der Waals surface area contributed by atoms with Crippen molar-refractivity contribution in [2.45, 2.75) is 52.1 Å². The predicted octanol–water partition coefficient (Wildman–Crippen LogP) is 5.73. The van der Waals surface area contributed by atoms with Crippen LogP contribution in [0.4, 0.5) is 30.6 Å². The third-order valence-electron chi connectivity index (χ3n) is 5.39. The second-order valence-corrected chi connectivity index (χ2v) is 7.47. The molecule has 0 bridgehead atoms. The molecular weight excluding hydrogens is 379 g/mol. The monoisotopic (exact) mass is 403 g/mol. The van der Waals surface area contributed by atoms with Gasteiger partial charge in [-0.3, -0.25) is 0 Å². The largest absolute Gasteiger partial charge is 0.418 e. The minimum atomic E-state index is -4.48. The molecule has 2 heterocycles. The van der Waals surface area contributed by atoms with Crippen molar-refractivity contribution in [3.63, 3.8) is 0 Å². The Bertz CT molecular complexity index is 1040. The quantitative estimate of drug-likeness (QED) is 0.509. The van der Waals surface area contributed by atoms with E-state index in [0.717, 1.165) is 37.6 Å². The Morgan fingerprint density at radius 3 is 2.59 bits per heavy atom. The van der Waals surface area contributed by atoms with Crippen molar-refractivity contribution in [1.29, 1.82) is 0 Å². The molecule has 154 valence electrons. The molecule has 0 amide bonds. The van der Waals surface area contributed by atoms with Gasteiger partial charge in [0, 0.05) is 18.4 Å². The number of benzene rings is 1. The Morgan fingerprint density at radius 1 is 1.10 bits per heavy atom. The maximum atomic E-state index is 13.4. The van der Waals surface area contributed by atoms with Gasteiger partial charge in [-0.1, -0.05) is 13.0 Å². The van der Waals surface area contributed by atoms with Crippen molar-refractivity contribution < 1.29 is 13.2 Å². The number of alkyl halides is 3. The van der Waals surface area contributed by atoms with Gasteiger partial charge in [0.2, 0.25) is 5.95 Å². The van der Waals surface area contributed by atoms with Crippen molar-refractivity contribution >= 4 is 28.5 Å². The molecular formula is C21H24F3N5. The van der Waals surface area contributed by atoms with Gasteiger partial charge >= 0.3 is 6.18 Å². The van der Waals surface area contributed by atoms with Crippen LogP contribution in [0.15, 0.2) is 18.3 Å². The summed E-state index contributed by atoms with van der Waals surface area (Å²) in [4.78, 5) is 11.4. The summed E-state index contributed by atoms with van der Waals surface area (Å²) in [5.74, 6) is 0.470. The number of hydrogen-bond acceptors (Lipinski definition) is 4. The average molecular weight is 403 g/mol. The van der Waals surface area contributed by atoms with Gasteiger partial charge < -0.3 is 15.6 Å². The molecule has 3 aromatic rings. The predicted molar refractivity (Wildman–Crippen MR) is 109 cm³/mol. The maximum Gasteiger partial charge on any atom is 0.418 e. The number of hydrogen-bond donors (Lipinski definition) is 3. The zero-order valence-corrected chi connectivity index (χ0v) is 16.5. The third-order valence-corrected chi connectivity index (χ3v) is 5.39. The molecule has 2 aromatic heterocycles. The molecule has 4 rings (SSSR count). The van der Waals surface area contributed by atoms with E-state index in [4.69, 9.17) is 0 Å². The number of nitrogens with one attached hydrogen (secondary N) is 3. The van der Waals surface area contributed by atoms with Crippen LogP contribution >= 0.6 is 0 Å². The van der Waals surface area contributed by atoms with Crippen LogP contribution < -0.4 is 10.6 Å². The van der Waals surface area contributed by atoms with Crippen LogP contribution in [0.2, 0.25) is 0 Å². The van der Waals surface area contributed by atoms with E-state index in [2.05, 4.69) is 38.6 Å². The Kier molecular flexibility index (Phi) is 5.10. The van der Waals surface area contributed by atoms with Crippen LogP contribution in [0, 0.1) is 6.92 Å². The number of anilines is 3. The lowest BCUT2D eigenvalue weighted by Crippen LogP contribution is -2.11. The van der Waals surface area contributed by atoms with Crippen LogP contribution in [-0.4, -0.2) is 21.5 Å². The first-order valence-electron chi connectivity index (χ1n) is 9.97. The van der Waals surface area contributed by atoms with Gasteiger partial charge in [-0.2, -0.15) is 23.1 Å². The number of halogens is 3. The smallest absolute Gasteiger partial charge is 0.369 e. The minimum Gasteiger partial charge on any atom is -0.369 e.